The number of furan rings is 1. The van der Waals surface area contributed by atoms with Gasteiger partial charge in [0.1, 0.15) is 11.9 Å². The Kier molecular flexibility index (Phi) is 7.67. The molecule has 7 N–H and O–H groups in total. The maximum atomic E-state index is 12.5. The molecule has 12 heteroatoms. The second-order valence-corrected chi connectivity index (χ2v) is 7.06. The third-order valence-corrected chi connectivity index (χ3v) is 4.81. The van der Waals surface area contributed by atoms with Crippen molar-refractivity contribution in [1.29, 1.82) is 0 Å². The second kappa shape index (κ2) is 10.8. The Labute approximate surface area is 193 Å². The summed E-state index contributed by atoms with van der Waals surface area (Å²) in [5.74, 6) is 2.48. The number of aromatic hydroxyl groups is 1. The number of ether oxygens (including phenoxy) is 1. The number of carbonyl (C=O) groups excluding carboxylic acids is 2. The average molecular weight is 469 g/mol. The van der Waals surface area contributed by atoms with Crippen molar-refractivity contribution in [2.45, 2.75) is 12.5 Å². The number of rotatable bonds is 10. The van der Waals surface area contributed by atoms with E-state index in [0.29, 0.717) is 16.7 Å². The lowest BCUT2D eigenvalue weighted by Crippen LogP contribution is -2.39. The van der Waals surface area contributed by atoms with Crippen LogP contribution in [0.25, 0.3) is 11.0 Å². The van der Waals surface area contributed by atoms with Crippen molar-refractivity contribution >= 4 is 40.8 Å². The third kappa shape index (κ3) is 5.61. The van der Waals surface area contributed by atoms with Crippen LogP contribution in [-0.4, -0.2) is 48.0 Å². The number of carbonyl (C=O) groups is 3. The lowest BCUT2D eigenvalue weighted by Gasteiger charge is -2.20. The largest absolute Gasteiger partial charge is 0.504 e. The van der Waals surface area contributed by atoms with Crippen molar-refractivity contribution < 1.29 is 33.8 Å². The van der Waals surface area contributed by atoms with Gasteiger partial charge >= 0.3 is 5.97 Å². The quantitative estimate of drug-likeness (QED) is 0.110. The average Bonchev–Trinajstić information content (AvgIpc) is 3.28. The molecule has 0 aliphatic carbocycles. The summed E-state index contributed by atoms with van der Waals surface area (Å²) in [7, 11) is 1.35. The summed E-state index contributed by atoms with van der Waals surface area (Å²) in [5, 5.41) is 25.4. The first-order valence-electron chi connectivity index (χ1n) is 9.99. The molecule has 0 aliphatic rings. The SMILES string of the molecule is COc1c(O)c(C(CC(=O)O)NC(=O)CNC(=O)c2cccc(N=CNN)c2)cc2occc12. The van der Waals surface area contributed by atoms with E-state index in [9.17, 15) is 24.6 Å². The molecule has 0 bridgehead atoms. The Bertz CT molecular complexity index is 1240. The zero-order chi connectivity index (χ0) is 24.7. The number of phenols is 1. The van der Waals surface area contributed by atoms with Gasteiger partial charge in [-0.1, -0.05) is 6.07 Å². The smallest absolute Gasteiger partial charge is 0.305 e. The molecule has 3 aromatic rings. The van der Waals surface area contributed by atoms with Crippen LogP contribution >= 0.6 is 0 Å². The van der Waals surface area contributed by atoms with Gasteiger partial charge in [0.25, 0.3) is 5.91 Å². The molecule has 2 aromatic carbocycles. The minimum Gasteiger partial charge on any atom is -0.504 e. The van der Waals surface area contributed by atoms with E-state index in [1.54, 1.807) is 18.2 Å². The lowest BCUT2D eigenvalue weighted by atomic mass is 10.00. The molecule has 0 saturated carbocycles. The molecular formula is C22H23N5O7. The number of amides is 2. The van der Waals surface area contributed by atoms with Crippen LogP contribution in [0.4, 0.5) is 5.69 Å². The van der Waals surface area contributed by atoms with Crippen molar-refractivity contribution in [3.63, 3.8) is 0 Å². The van der Waals surface area contributed by atoms with E-state index in [1.165, 1.54) is 37.9 Å². The molecule has 1 heterocycles. The first-order valence-corrected chi connectivity index (χ1v) is 9.99. The Balaban J connectivity index is 1.74. The summed E-state index contributed by atoms with van der Waals surface area (Å²) in [4.78, 5) is 40.4. The molecule has 0 spiro atoms. The van der Waals surface area contributed by atoms with Crippen LogP contribution in [-0.2, 0) is 9.59 Å². The molecule has 34 heavy (non-hydrogen) atoms. The van der Waals surface area contributed by atoms with Gasteiger partial charge in [0.15, 0.2) is 11.5 Å². The van der Waals surface area contributed by atoms with Crippen LogP contribution in [0.3, 0.4) is 0 Å². The number of nitrogens with zero attached hydrogens (tertiary/aromatic N) is 1. The number of fused-ring (bicyclic) bond motifs is 1. The van der Waals surface area contributed by atoms with Crippen molar-refractivity contribution in [3.05, 3.63) is 53.8 Å². The zero-order valence-electron chi connectivity index (χ0n) is 18.1. The highest BCUT2D eigenvalue weighted by Gasteiger charge is 2.25. The summed E-state index contributed by atoms with van der Waals surface area (Å²) < 4.78 is 10.6. The third-order valence-electron chi connectivity index (χ3n) is 4.81. The minimum absolute atomic E-state index is 0.0894. The van der Waals surface area contributed by atoms with E-state index >= 15 is 0 Å². The van der Waals surface area contributed by atoms with E-state index in [-0.39, 0.29) is 22.6 Å². The fourth-order valence-electron chi connectivity index (χ4n) is 3.32. The number of hydrogen-bond donors (Lipinski definition) is 6. The van der Waals surface area contributed by atoms with Crippen molar-refractivity contribution in [3.8, 4) is 11.5 Å². The van der Waals surface area contributed by atoms with E-state index < -0.39 is 36.8 Å². The first kappa shape index (κ1) is 24.1. The molecule has 1 aromatic heterocycles. The number of carboxylic acids is 1. The molecule has 0 aliphatic heterocycles. The molecule has 0 saturated heterocycles. The Morgan fingerprint density at radius 1 is 1.26 bits per heavy atom. The number of nitrogens with two attached hydrogens (primary N) is 1. The fraction of sp³-hybridized carbons (Fsp3) is 0.182. The summed E-state index contributed by atoms with van der Waals surface area (Å²) in [6.45, 7) is -0.437. The Morgan fingerprint density at radius 2 is 2.06 bits per heavy atom. The van der Waals surface area contributed by atoms with E-state index in [2.05, 4.69) is 21.1 Å². The number of methoxy groups -OCH3 is 1. The van der Waals surface area contributed by atoms with Gasteiger partial charge in [-0.25, -0.2) is 10.8 Å². The number of nitrogens with one attached hydrogen (secondary N) is 3. The number of phenolic OH excluding ortho intramolecular Hbond substituents is 1. The summed E-state index contributed by atoms with van der Waals surface area (Å²) >= 11 is 0. The van der Waals surface area contributed by atoms with Crippen LogP contribution in [0.1, 0.15) is 28.4 Å². The van der Waals surface area contributed by atoms with Crippen LogP contribution in [0.5, 0.6) is 11.5 Å². The highest BCUT2D eigenvalue weighted by molar-refractivity contribution is 5.97. The highest BCUT2D eigenvalue weighted by Crippen LogP contribution is 2.41. The van der Waals surface area contributed by atoms with Crippen LogP contribution in [0.15, 0.2) is 52.1 Å². The van der Waals surface area contributed by atoms with Crippen LogP contribution in [0.2, 0.25) is 0 Å². The van der Waals surface area contributed by atoms with Gasteiger partial charge < -0.3 is 35.4 Å². The highest BCUT2D eigenvalue weighted by atomic mass is 16.5. The van der Waals surface area contributed by atoms with Crippen LogP contribution in [0, 0.1) is 0 Å². The molecule has 0 radical (unpaired) electrons. The van der Waals surface area contributed by atoms with Gasteiger partial charge in [-0.15, -0.1) is 0 Å². The standard InChI is InChI=1S/C22H23N5O7/c1-33-21-14-5-6-34-17(14)8-15(20(21)31)16(9-19(29)30)27-18(28)10-24-22(32)12-3-2-4-13(7-12)25-11-26-23/h2-8,11,16,31H,9-10,23H2,1H3,(H,24,32)(H,25,26)(H,27,28)(H,29,30). The van der Waals surface area contributed by atoms with Gasteiger partial charge in [0.2, 0.25) is 5.91 Å². The number of benzene rings is 2. The normalized spacial score (nSPS) is 11.8. The number of aliphatic imine (C=N–C) groups is 1. The fourth-order valence-corrected chi connectivity index (χ4v) is 3.32. The number of aliphatic carboxylic acids is 1. The monoisotopic (exact) mass is 469 g/mol. The van der Waals surface area contributed by atoms with Crippen molar-refractivity contribution in [2.75, 3.05) is 13.7 Å². The van der Waals surface area contributed by atoms with Crippen molar-refractivity contribution in [1.82, 2.24) is 16.1 Å². The van der Waals surface area contributed by atoms with Gasteiger partial charge in [-0.3, -0.25) is 14.4 Å². The Hall–Kier alpha value is -4.58. The van der Waals surface area contributed by atoms with Gasteiger partial charge in [0, 0.05) is 11.1 Å². The molecule has 1 unspecified atom stereocenters. The van der Waals surface area contributed by atoms with Gasteiger partial charge in [-0.2, -0.15) is 0 Å². The zero-order valence-corrected chi connectivity index (χ0v) is 18.1. The molecule has 0 fully saturated rings. The number of carboxylic acid groups (broad SMARTS) is 1. The first-order chi connectivity index (χ1) is 16.3. The number of hydrazine groups is 1. The molecule has 2 amide bonds. The summed E-state index contributed by atoms with van der Waals surface area (Å²) in [5.41, 5.74) is 3.41. The second-order valence-electron chi connectivity index (χ2n) is 7.06. The number of hydrogen-bond acceptors (Lipinski definition) is 8. The maximum absolute atomic E-state index is 12.5. The molecule has 3 rings (SSSR count). The molecule has 178 valence electrons. The maximum Gasteiger partial charge on any atom is 0.305 e. The lowest BCUT2D eigenvalue weighted by molar-refractivity contribution is -0.137. The van der Waals surface area contributed by atoms with Gasteiger partial charge in [-0.05, 0) is 30.3 Å². The molecule has 12 nitrogen and oxygen atoms in total. The van der Waals surface area contributed by atoms with E-state index in [1.807, 2.05) is 0 Å². The summed E-state index contributed by atoms with van der Waals surface area (Å²) in [6, 6.07) is 8.21. The minimum atomic E-state index is -1.21. The van der Waals surface area contributed by atoms with E-state index in [0.717, 1.165) is 0 Å². The molecular weight excluding hydrogens is 446 g/mol. The van der Waals surface area contributed by atoms with Crippen LogP contribution < -0.4 is 26.6 Å². The predicted molar refractivity (Wildman–Crippen MR) is 122 cm³/mol. The Morgan fingerprint density at radius 3 is 2.76 bits per heavy atom. The van der Waals surface area contributed by atoms with Gasteiger partial charge in [0.05, 0.1) is 43.5 Å². The predicted octanol–water partition coefficient (Wildman–Crippen LogP) is 1.33. The molecule has 1 atom stereocenters. The van der Waals surface area contributed by atoms with E-state index in [4.69, 9.17) is 15.0 Å². The summed E-state index contributed by atoms with van der Waals surface area (Å²) in [6.07, 6.45) is 2.11. The van der Waals surface area contributed by atoms with Crippen molar-refractivity contribution in [2.24, 2.45) is 10.8 Å². The topological polar surface area (TPSA) is 189 Å².